The van der Waals surface area contributed by atoms with Crippen molar-refractivity contribution in [3.8, 4) is 5.75 Å². The summed E-state index contributed by atoms with van der Waals surface area (Å²) in [6, 6.07) is 3.43. The molecule has 8 heteroatoms. The van der Waals surface area contributed by atoms with Crippen molar-refractivity contribution in [2.45, 2.75) is 18.9 Å². The van der Waals surface area contributed by atoms with Crippen molar-refractivity contribution in [2.24, 2.45) is 0 Å². The molecule has 0 unspecified atom stereocenters. The van der Waals surface area contributed by atoms with E-state index in [0.29, 0.717) is 0 Å². The van der Waals surface area contributed by atoms with Gasteiger partial charge in [0.05, 0.1) is 7.11 Å². The van der Waals surface area contributed by atoms with Crippen LogP contribution in [0.1, 0.15) is 12.5 Å². The quantitative estimate of drug-likeness (QED) is 0.656. The highest BCUT2D eigenvalue weighted by molar-refractivity contribution is 6.06. The molecule has 0 aliphatic carbocycles. The van der Waals surface area contributed by atoms with Gasteiger partial charge in [-0.3, -0.25) is 4.79 Å². The third-order valence-electron chi connectivity index (χ3n) is 2.80. The molecular weight excluding hydrogens is 285 g/mol. The van der Waals surface area contributed by atoms with Crippen LogP contribution in [-0.2, 0) is 20.8 Å². The molecule has 0 aliphatic rings. The molecule has 0 heterocycles. The predicted molar refractivity (Wildman–Crippen MR) is 68.5 cm³/mol. The minimum Gasteiger partial charge on any atom is -0.494 e. The third kappa shape index (κ3) is 3.47. The largest absolute Gasteiger partial charge is 0.494 e. The van der Waals surface area contributed by atoms with Crippen LogP contribution in [0.2, 0.25) is 0 Å². The van der Waals surface area contributed by atoms with Crippen LogP contribution in [0.3, 0.4) is 0 Å². The molecule has 0 aliphatic heterocycles. The van der Waals surface area contributed by atoms with Crippen LogP contribution >= 0.6 is 0 Å². The average Bonchev–Trinajstić information content (AvgIpc) is 2.38. The lowest BCUT2D eigenvalue weighted by Crippen LogP contribution is -2.61. The van der Waals surface area contributed by atoms with Crippen molar-refractivity contribution in [1.82, 2.24) is 5.32 Å². The second-order valence-electron chi connectivity index (χ2n) is 4.34. The minimum atomic E-state index is -2.53. The number of carboxylic acids is 2. The number of carbonyl (C=O) groups is 3. The highest BCUT2D eigenvalue weighted by Crippen LogP contribution is 2.22. The Morgan fingerprint density at radius 1 is 1.29 bits per heavy atom. The summed E-state index contributed by atoms with van der Waals surface area (Å²) in [5.74, 6) is -5.09. The summed E-state index contributed by atoms with van der Waals surface area (Å²) in [6.07, 6.45) is -0.562. The van der Waals surface area contributed by atoms with Gasteiger partial charge in [0.2, 0.25) is 11.4 Å². The molecule has 1 amide bonds. The zero-order valence-corrected chi connectivity index (χ0v) is 11.3. The van der Waals surface area contributed by atoms with Gasteiger partial charge >= 0.3 is 11.9 Å². The molecule has 3 N–H and O–H groups in total. The van der Waals surface area contributed by atoms with E-state index in [4.69, 9.17) is 4.74 Å². The van der Waals surface area contributed by atoms with Crippen molar-refractivity contribution >= 4 is 17.8 Å². The van der Waals surface area contributed by atoms with Gasteiger partial charge in [-0.2, -0.15) is 0 Å². The molecular formula is C13H14FNO6. The smallest absolute Gasteiger partial charge is 0.341 e. The van der Waals surface area contributed by atoms with Gasteiger partial charge in [-0.1, -0.05) is 6.07 Å². The monoisotopic (exact) mass is 299 g/mol. The Balaban J connectivity index is 3.26. The number of ether oxygens (including phenoxy) is 1. The van der Waals surface area contributed by atoms with E-state index in [1.165, 1.54) is 19.2 Å². The van der Waals surface area contributed by atoms with Gasteiger partial charge < -0.3 is 20.3 Å². The summed E-state index contributed by atoms with van der Waals surface area (Å²) in [5.41, 5.74) is -2.35. The van der Waals surface area contributed by atoms with E-state index in [9.17, 15) is 29.0 Å². The number of carbonyl (C=O) groups excluding carboxylic acids is 1. The van der Waals surface area contributed by atoms with Gasteiger partial charge in [0, 0.05) is 13.3 Å². The van der Waals surface area contributed by atoms with Crippen LogP contribution in [0, 0.1) is 5.82 Å². The van der Waals surface area contributed by atoms with Crippen LogP contribution in [0.4, 0.5) is 4.39 Å². The summed E-state index contributed by atoms with van der Waals surface area (Å²) in [5, 5.41) is 20.3. The summed E-state index contributed by atoms with van der Waals surface area (Å²) in [6.45, 7) is 1.01. The highest BCUT2D eigenvalue weighted by atomic mass is 19.1. The van der Waals surface area contributed by atoms with Gasteiger partial charge in [0.15, 0.2) is 11.6 Å². The Kier molecular flexibility index (Phi) is 4.85. The average molecular weight is 299 g/mol. The molecule has 1 aromatic carbocycles. The first-order valence-corrected chi connectivity index (χ1v) is 5.81. The zero-order valence-electron chi connectivity index (χ0n) is 11.3. The maximum atomic E-state index is 13.3. The molecule has 21 heavy (non-hydrogen) atoms. The number of nitrogens with one attached hydrogen (secondary N) is 1. The number of benzene rings is 1. The molecule has 0 bridgehead atoms. The summed E-state index contributed by atoms with van der Waals surface area (Å²) in [4.78, 5) is 33.8. The molecule has 1 aromatic rings. The number of rotatable bonds is 6. The Labute approximate surface area is 119 Å². The number of halogens is 1. The zero-order chi connectivity index (χ0) is 16.2. The minimum absolute atomic E-state index is 0.153. The van der Waals surface area contributed by atoms with E-state index in [2.05, 4.69) is 0 Å². The first kappa shape index (κ1) is 16.4. The molecule has 0 saturated heterocycles. The lowest BCUT2D eigenvalue weighted by Gasteiger charge is -2.25. The third-order valence-corrected chi connectivity index (χ3v) is 2.80. The molecule has 114 valence electrons. The van der Waals surface area contributed by atoms with Crippen molar-refractivity contribution < 1.29 is 33.7 Å². The van der Waals surface area contributed by atoms with Crippen molar-refractivity contribution in [1.29, 1.82) is 0 Å². The van der Waals surface area contributed by atoms with Crippen LogP contribution in [0.25, 0.3) is 0 Å². The van der Waals surface area contributed by atoms with Crippen LogP contribution in [-0.4, -0.2) is 40.7 Å². The highest BCUT2D eigenvalue weighted by Gasteiger charge is 2.47. The lowest BCUT2D eigenvalue weighted by molar-refractivity contribution is -0.161. The first-order chi connectivity index (χ1) is 9.72. The van der Waals surface area contributed by atoms with E-state index in [-0.39, 0.29) is 11.3 Å². The normalized spacial score (nSPS) is 10.8. The summed E-state index contributed by atoms with van der Waals surface area (Å²) < 4.78 is 18.0. The summed E-state index contributed by atoms with van der Waals surface area (Å²) >= 11 is 0. The molecule has 0 aromatic heterocycles. The van der Waals surface area contributed by atoms with E-state index < -0.39 is 35.6 Å². The first-order valence-electron chi connectivity index (χ1n) is 5.81. The molecule has 1 rings (SSSR count). The van der Waals surface area contributed by atoms with Crippen LogP contribution in [0.15, 0.2) is 18.2 Å². The fourth-order valence-corrected chi connectivity index (χ4v) is 1.81. The van der Waals surface area contributed by atoms with Crippen molar-refractivity contribution in [2.75, 3.05) is 7.11 Å². The van der Waals surface area contributed by atoms with Gasteiger partial charge in [0.1, 0.15) is 0 Å². The predicted octanol–water partition coefficient (Wildman–Crippen LogP) is 0.421. The number of amides is 1. The van der Waals surface area contributed by atoms with Crippen LogP contribution < -0.4 is 10.1 Å². The van der Waals surface area contributed by atoms with Gasteiger partial charge in [-0.05, 0) is 17.7 Å². The lowest BCUT2D eigenvalue weighted by atomic mass is 9.90. The Hall–Kier alpha value is -2.64. The molecule has 0 saturated carbocycles. The summed E-state index contributed by atoms with van der Waals surface area (Å²) in [7, 11) is 1.22. The fraction of sp³-hybridized carbons (Fsp3) is 0.308. The standard InChI is InChI=1S/C13H14FNO6/c1-7(16)15-13(11(17)18,12(19)20)6-8-3-4-9(14)10(5-8)21-2/h3-5H,6H2,1-2H3,(H,15,16)(H,17,18)(H,19,20). The Morgan fingerprint density at radius 2 is 1.86 bits per heavy atom. The molecule has 0 atom stereocenters. The van der Waals surface area contributed by atoms with E-state index >= 15 is 0 Å². The molecule has 0 spiro atoms. The van der Waals surface area contributed by atoms with E-state index in [0.717, 1.165) is 13.0 Å². The fourth-order valence-electron chi connectivity index (χ4n) is 1.81. The van der Waals surface area contributed by atoms with Crippen LogP contribution in [0.5, 0.6) is 5.75 Å². The Bertz CT molecular complexity index is 572. The molecule has 0 fully saturated rings. The molecule has 0 radical (unpaired) electrons. The number of hydrogen-bond donors (Lipinski definition) is 3. The maximum absolute atomic E-state index is 13.3. The topological polar surface area (TPSA) is 113 Å². The van der Waals surface area contributed by atoms with Gasteiger partial charge in [0.25, 0.3) is 0 Å². The SMILES string of the molecule is COc1cc(CC(NC(C)=O)(C(=O)O)C(=O)O)ccc1F. The van der Waals surface area contributed by atoms with E-state index in [1.807, 2.05) is 5.32 Å². The number of hydrogen-bond acceptors (Lipinski definition) is 4. The van der Waals surface area contributed by atoms with E-state index in [1.54, 1.807) is 0 Å². The van der Waals surface area contributed by atoms with Gasteiger partial charge in [-0.15, -0.1) is 0 Å². The number of carboxylic acid groups (broad SMARTS) is 2. The van der Waals surface area contributed by atoms with Crippen molar-refractivity contribution in [3.63, 3.8) is 0 Å². The van der Waals surface area contributed by atoms with Gasteiger partial charge in [-0.25, -0.2) is 14.0 Å². The number of aliphatic carboxylic acids is 2. The second-order valence-corrected chi connectivity index (χ2v) is 4.34. The second kappa shape index (κ2) is 6.21. The molecule has 7 nitrogen and oxygen atoms in total. The Morgan fingerprint density at radius 3 is 2.29 bits per heavy atom. The number of methoxy groups -OCH3 is 1. The maximum Gasteiger partial charge on any atom is 0.341 e. The van der Waals surface area contributed by atoms with Crippen molar-refractivity contribution in [3.05, 3.63) is 29.6 Å².